The Morgan fingerprint density at radius 2 is 1.91 bits per heavy atom. The van der Waals surface area contributed by atoms with Gasteiger partial charge >= 0.3 is 0 Å². The van der Waals surface area contributed by atoms with Crippen molar-refractivity contribution in [2.45, 2.75) is 6.61 Å². The van der Waals surface area contributed by atoms with Crippen LogP contribution in [0.5, 0.6) is 11.5 Å². The highest BCUT2D eigenvalue weighted by Gasteiger charge is 2.17. The van der Waals surface area contributed by atoms with Gasteiger partial charge in [-0.2, -0.15) is 0 Å². The Balaban J connectivity index is 2.34. The second-order valence-corrected chi connectivity index (χ2v) is 4.56. The molecular formula is C14H14ClN3O4. The maximum absolute atomic E-state index is 12.3. The summed E-state index contributed by atoms with van der Waals surface area (Å²) in [5.41, 5.74) is 0.561. The van der Waals surface area contributed by atoms with Crippen molar-refractivity contribution in [2.75, 3.05) is 19.5 Å². The normalized spacial score (nSPS) is 10.2. The number of nitrogens with zero attached hydrogens (tertiary/aromatic N) is 2. The molecule has 0 atom stereocenters. The molecule has 0 aliphatic carbocycles. The molecule has 1 aromatic carbocycles. The maximum Gasteiger partial charge on any atom is 0.276 e. The highest BCUT2D eigenvalue weighted by Crippen LogP contribution is 2.36. The number of halogens is 1. The van der Waals surface area contributed by atoms with Gasteiger partial charge in [0.05, 0.1) is 37.2 Å². The average molecular weight is 324 g/mol. The third kappa shape index (κ3) is 3.26. The van der Waals surface area contributed by atoms with Crippen LogP contribution >= 0.6 is 11.6 Å². The van der Waals surface area contributed by atoms with Crippen LogP contribution in [0.15, 0.2) is 24.5 Å². The van der Waals surface area contributed by atoms with E-state index in [4.69, 9.17) is 21.1 Å². The van der Waals surface area contributed by atoms with Crippen LogP contribution in [-0.4, -0.2) is 35.2 Å². The molecule has 0 spiro atoms. The predicted octanol–water partition coefficient (Wildman–Crippen LogP) is 1.89. The molecule has 116 valence electrons. The van der Waals surface area contributed by atoms with Crippen molar-refractivity contribution in [1.82, 2.24) is 9.97 Å². The van der Waals surface area contributed by atoms with E-state index in [1.807, 2.05) is 0 Å². The van der Waals surface area contributed by atoms with E-state index in [0.29, 0.717) is 22.2 Å². The molecule has 1 aromatic heterocycles. The molecule has 0 unspecified atom stereocenters. The lowest BCUT2D eigenvalue weighted by Crippen LogP contribution is -2.17. The zero-order chi connectivity index (χ0) is 16.1. The lowest BCUT2D eigenvalue weighted by Gasteiger charge is -2.13. The van der Waals surface area contributed by atoms with Crippen LogP contribution in [0.4, 0.5) is 5.69 Å². The minimum absolute atomic E-state index is 0.0268. The van der Waals surface area contributed by atoms with Gasteiger partial charge in [-0.1, -0.05) is 11.6 Å². The first-order valence-electron chi connectivity index (χ1n) is 6.24. The summed E-state index contributed by atoms with van der Waals surface area (Å²) in [5.74, 6) is 0.271. The van der Waals surface area contributed by atoms with E-state index in [9.17, 15) is 9.90 Å². The Hall–Kier alpha value is -2.38. The molecule has 2 N–H and O–H groups in total. The Labute approximate surface area is 131 Å². The topological polar surface area (TPSA) is 93.6 Å². The van der Waals surface area contributed by atoms with Crippen molar-refractivity contribution in [2.24, 2.45) is 0 Å². The smallest absolute Gasteiger partial charge is 0.276 e. The zero-order valence-corrected chi connectivity index (χ0v) is 12.7. The summed E-state index contributed by atoms with van der Waals surface area (Å²) in [7, 11) is 2.94. The number of rotatable bonds is 5. The molecule has 0 aliphatic heterocycles. The lowest BCUT2D eigenvalue weighted by molar-refractivity contribution is 0.101. The predicted molar refractivity (Wildman–Crippen MR) is 80.5 cm³/mol. The second-order valence-electron chi connectivity index (χ2n) is 4.15. The fourth-order valence-corrected chi connectivity index (χ4v) is 2.05. The van der Waals surface area contributed by atoms with E-state index < -0.39 is 12.5 Å². The van der Waals surface area contributed by atoms with Crippen molar-refractivity contribution in [3.8, 4) is 11.5 Å². The Kier molecular flexibility index (Phi) is 5.13. The van der Waals surface area contributed by atoms with E-state index in [-0.39, 0.29) is 11.4 Å². The van der Waals surface area contributed by atoms with Crippen LogP contribution in [0.1, 0.15) is 16.2 Å². The third-order valence-corrected chi connectivity index (χ3v) is 3.16. The van der Waals surface area contributed by atoms with Crippen LogP contribution in [0.2, 0.25) is 5.02 Å². The molecule has 8 heteroatoms. The molecule has 0 radical (unpaired) electrons. The third-order valence-electron chi connectivity index (χ3n) is 2.86. The minimum Gasteiger partial charge on any atom is -0.495 e. The highest BCUT2D eigenvalue weighted by molar-refractivity contribution is 6.32. The summed E-state index contributed by atoms with van der Waals surface area (Å²) in [4.78, 5) is 20.1. The van der Waals surface area contributed by atoms with Gasteiger partial charge in [0.15, 0.2) is 5.69 Å². The number of hydrogen-bond acceptors (Lipinski definition) is 6. The zero-order valence-electron chi connectivity index (χ0n) is 12.0. The quantitative estimate of drug-likeness (QED) is 0.872. The number of hydrogen-bond donors (Lipinski definition) is 2. The van der Waals surface area contributed by atoms with E-state index >= 15 is 0 Å². The number of carbonyl (C=O) groups excluding carboxylic acids is 1. The summed E-state index contributed by atoms with van der Waals surface area (Å²) in [5, 5.41) is 12.1. The van der Waals surface area contributed by atoms with Crippen molar-refractivity contribution in [3.63, 3.8) is 0 Å². The number of nitrogens with one attached hydrogen (secondary N) is 1. The summed E-state index contributed by atoms with van der Waals surface area (Å²) in [6, 6.07) is 3.06. The van der Waals surface area contributed by atoms with Gasteiger partial charge in [0.2, 0.25) is 0 Å². The minimum atomic E-state index is -0.531. The standard InChI is InChI=1S/C14H14ClN3O4/c1-21-11-6-12(22-2)9(5-8(11)15)18-14(20)13-10(7-19)16-3-4-17-13/h3-6,19H,7H2,1-2H3,(H,18,20). The molecule has 2 rings (SSSR count). The molecule has 1 heterocycles. The fourth-order valence-electron chi connectivity index (χ4n) is 1.81. The molecule has 1 amide bonds. The van der Waals surface area contributed by atoms with E-state index in [1.54, 1.807) is 6.07 Å². The SMILES string of the molecule is COc1cc(OC)c(NC(=O)c2nccnc2CO)cc1Cl. The average Bonchev–Trinajstić information content (AvgIpc) is 2.55. The van der Waals surface area contributed by atoms with Gasteiger partial charge in [-0.15, -0.1) is 0 Å². The summed E-state index contributed by atoms with van der Waals surface area (Å²) in [6.45, 7) is -0.392. The highest BCUT2D eigenvalue weighted by atomic mass is 35.5. The van der Waals surface area contributed by atoms with Gasteiger partial charge in [-0.05, 0) is 6.07 Å². The van der Waals surface area contributed by atoms with Crippen molar-refractivity contribution in [1.29, 1.82) is 0 Å². The first-order chi connectivity index (χ1) is 10.6. The number of aliphatic hydroxyl groups excluding tert-OH is 1. The fraction of sp³-hybridized carbons (Fsp3) is 0.214. The molecule has 0 saturated carbocycles. The number of benzene rings is 1. The number of carbonyl (C=O) groups is 1. The lowest BCUT2D eigenvalue weighted by atomic mass is 10.2. The molecule has 0 fully saturated rings. The van der Waals surface area contributed by atoms with Crippen LogP contribution < -0.4 is 14.8 Å². The number of anilines is 1. The van der Waals surface area contributed by atoms with Gasteiger partial charge in [-0.25, -0.2) is 4.98 Å². The number of ether oxygens (including phenoxy) is 2. The van der Waals surface area contributed by atoms with Crippen molar-refractivity contribution in [3.05, 3.63) is 40.9 Å². The van der Waals surface area contributed by atoms with E-state index in [1.165, 1.54) is 32.7 Å². The molecule has 2 aromatic rings. The molecule has 22 heavy (non-hydrogen) atoms. The van der Waals surface area contributed by atoms with Crippen LogP contribution in [0, 0.1) is 0 Å². The molecular weight excluding hydrogens is 310 g/mol. The van der Waals surface area contributed by atoms with Gasteiger partial charge in [0, 0.05) is 18.5 Å². The van der Waals surface area contributed by atoms with Crippen molar-refractivity contribution >= 4 is 23.2 Å². The van der Waals surface area contributed by atoms with E-state index in [2.05, 4.69) is 15.3 Å². The summed E-state index contributed by atoms with van der Waals surface area (Å²) < 4.78 is 10.3. The first kappa shape index (κ1) is 16.0. The monoisotopic (exact) mass is 323 g/mol. The van der Waals surface area contributed by atoms with Gasteiger partial charge < -0.3 is 19.9 Å². The molecule has 0 aliphatic rings. The summed E-state index contributed by atoms with van der Waals surface area (Å²) in [6.07, 6.45) is 2.76. The number of aromatic nitrogens is 2. The van der Waals surface area contributed by atoms with Gasteiger partial charge in [0.1, 0.15) is 11.5 Å². The summed E-state index contributed by atoms with van der Waals surface area (Å²) >= 11 is 6.05. The molecule has 0 bridgehead atoms. The Morgan fingerprint density at radius 1 is 1.23 bits per heavy atom. The second kappa shape index (κ2) is 7.06. The molecule has 7 nitrogen and oxygen atoms in total. The first-order valence-corrected chi connectivity index (χ1v) is 6.62. The van der Waals surface area contributed by atoms with Gasteiger partial charge in [-0.3, -0.25) is 9.78 Å². The number of amides is 1. The Bertz CT molecular complexity index is 694. The van der Waals surface area contributed by atoms with Crippen LogP contribution in [0.3, 0.4) is 0 Å². The number of aliphatic hydroxyl groups is 1. The number of methoxy groups -OCH3 is 2. The van der Waals surface area contributed by atoms with Crippen LogP contribution in [0.25, 0.3) is 0 Å². The Morgan fingerprint density at radius 3 is 2.55 bits per heavy atom. The van der Waals surface area contributed by atoms with Crippen molar-refractivity contribution < 1.29 is 19.4 Å². The van der Waals surface area contributed by atoms with Crippen LogP contribution in [-0.2, 0) is 6.61 Å². The largest absolute Gasteiger partial charge is 0.495 e. The van der Waals surface area contributed by atoms with E-state index in [0.717, 1.165) is 0 Å². The van der Waals surface area contributed by atoms with Gasteiger partial charge in [0.25, 0.3) is 5.91 Å². The maximum atomic E-state index is 12.3. The molecule has 0 saturated heterocycles.